The van der Waals surface area contributed by atoms with Gasteiger partial charge in [-0.2, -0.15) is 0 Å². The maximum absolute atomic E-state index is 12.5. The first-order valence-corrected chi connectivity index (χ1v) is 4.18. The molecule has 0 aromatic rings. The SMILES string of the molecule is O=[SH](=O)C1=C(F)C=C(F)CC1. The van der Waals surface area contributed by atoms with Gasteiger partial charge < -0.3 is 0 Å². The van der Waals surface area contributed by atoms with Crippen LogP contribution in [0.3, 0.4) is 0 Å². The summed E-state index contributed by atoms with van der Waals surface area (Å²) in [5.74, 6) is -1.58. The van der Waals surface area contributed by atoms with Crippen molar-refractivity contribution in [1.29, 1.82) is 0 Å². The van der Waals surface area contributed by atoms with Crippen LogP contribution >= 0.6 is 0 Å². The van der Waals surface area contributed by atoms with Crippen molar-refractivity contribution in [1.82, 2.24) is 0 Å². The minimum Gasteiger partial charge on any atom is -0.227 e. The van der Waals surface area contributed by atoms with Crippen molar-refractivity contribution in [3.05, 3.63) is 22.6 Å². The molecule has 0 aliphatic heterocycles. The van der Waals surface area contributed by atoms with Crippen molar-refractivity contribution in [3.63, 3.8) is 0 Å². The van der Waals surface area contributed by atoms with E-state index < -0.39 is 22.4 Å². The summed E-state index contributed by atoms with van der Waals surface area (Å²) in [5, 5.41) is 0. The summed E-state index contributed by atoms with van der Waals surface area (Å²) in [7, 11) is -2.88. The second-order valence-electron chi connectivity index (χ2n) is 2.14. The Labute approximate surface area is 64.2 Å². The maximum Gasteiger partial charge on any atom is 0.167 e. The van der Waals surface area contributed by atoms with E-state index in [4.69, 9.17) is 0 Å². The third-order valence-corrected chi connectivity index (χ3v) is 2.26. The Morgan fingerprint density at radius 2 is 1.91 bits per heavy atom. The van der Waals surface area contributed by atoms with Gasteiger partial charge >= 0.3 is 0 Å². The van der Waals surface area contributed by atoms with Gasteiger partial charge in [0.15, 0.2) is 10.7 Å². The van der Waals surface area contributed by atoms with Gasteiger partial charge in [-0.15, -0.1) is 0 Å². The summed E-state index contributed by atoms with van der Waals surface area (Å²) >= 11 is 0. The average Bonchev–Trinajstić information content (AvgIpc) is 1.85. The van der Waals surface area contributed by atoms with Crippen LogP contribution < -0.4 is 0 Å². The summed E-state index contributed by atoms with van der Waals surface area (Å²) < 4.78 is 45.3. The highest BCUT2D eigenvalue weighted by Gasteiger charge is 2.14. The van der Waals surface area contributed by atoms with Crippen LogP contribution in [0, 0.1) is 0 Å². The number of rotatable bonds is 1. The normalized spacial score (nSPS) is 19.0. The van der Waals surface area contributed by atoms with Crippen LogP contribution in [0.15, 0.2) is 22.6 Å². The van der Waals surface area contributed by atoms with Gasteiger partial charge in [0.2, 0.25) is 0 Å². The van der Waals surface area contributed by atoms with Crippen molar-refractivity contribution < 1.29 is 17.2 Å². The van der Waals surface area contributed by atoms with Crippen LogP contribution in [0.5, 0.6) is 0 Å². The third kappa shape index (κ3) is 1.86. The zero-order valence-corrected chi connectivity index (χ0v) is 6.41. The van der Waals surface area contributed by atoms with Crippen molar-refractivity contribution in [2.24, 2.45) is 0 Å². The van der Waals surface area contributed by atoms with Gasteiger partial charge in [0.25, 0.3) is 0 Å². The van der Waals surface area contributed by atoms with Crippen molar-refractivity contribution in [3.8, 4) is 0 Å². The second kappa shape index (κ2) is 3.13. The summed E-state index contributed by atoms with van der Waals surface area (Å²) in [4.78, 5) is -0.304. The summed E-state index contributed by atoms with van der Waals surface area (Å²) in [6, 6.07) is 0. The Morgan fingerprint density at radius 3 is 2.36 bits per heavy atom. The van der Waals surface area contributed by atoms with Gasteiger partial charge in [-0.25, -0.2) is 17.2 Å². The molecule has 0 radical (unpaired) electrons. The monoisotopic (exact) mass is 180 g/mol. The molecule has 0 atom stereocenters. The molecule has 62 valence electrons. The molecule has 0 saturated heterocycles. The molecule has 0 fully saturated rings. The van der Waals surface area contributed by atoms with E-state index in [0.29, 0.717) is 6.08 Å². The van der Waals surface area contributed by atoms with E-state index >= 15 is 0 Å². The second-order valence-corrected chi connectivity index (χ2v) is 3.20. The van der Waals surface area contributed by atoms with Crippen molar-refractivity contribution in [2.75, 3.05) is 0 Å². The fourth-order valence-electron chi connectivity index (χ4n) is 0.829. The van der Waals surface area contributed by atoms with E-state index in [2.05, 4.69) is 0 Å². The average molecular weight is 180 g/mol. The molecule has 1 aliphatic carbocycles. The van der Waals surface area contributed by atoms with Gasteiger partial charge in [-0.05, 0) is 6.42 Å². The highest BCUT2D eigenvalue weighted by molar-refractivity contribution is 7.76. The zero-order chi connectivity index (χ0) is 8.43. The topological polar surface area (TPSA) is 34.1 Å². The molecule has 0 saturated carbocycles. The van der Waals surface area contributed by atoms with Crippen LogP contribution in [-0.4, -0.2) is 8.42 Å². The van der Waals surface area contributed by atoms with Gasteiger partial charge in [0.1, 0.15) is 11.7 Å². The molecular weight excluding hydrogens is 174 g/mol. The molecule has 1 rings (SSSR count). The van der Waals surface area contributed by atoms with Crippen LogP contribution in [0.4, 0.5) is 8.78 Å². The standard InChI is InChI=1S/C6H6F2O2S/c7-4-1-2-6(11(9)10)5(8)3-4/h3,11H,1-2H2. The largest absolute Gasteiger partial charge is 0.227 e. The van der Waals surface area contributed by atoms with E-state index in [0.717, 1.165) is 0 Å². The number of allylic oxidation sites excluding steroid dienone is 4. The fourth-order valence-corrected chi connectivity index (χ4v) is 1.36. The first-order valence-electron chi connectivity index (χ1n) is 3.00. The Balaban J connectivity index is 3.05. The third-order valence-electron chi connectivity index (χ3n) is 1.38. The van der Waals surface area contributed by atoms with Crippen LogP contribution in [0.25, 0.3) is 0 Å². The number of thiol groups is 1. The molecule has 0 N–H and O–H groups in total. The van der Waals surface area contributed by atoms with E-state index in [1.807, 2.05) is 0 Å². The predicted molar refractivity (Wildman–Crippen MR) is 36.9 cm³/mol. The predicted octanol–water partition coefficient (Wildman–Crippen LogP) is 1.43. The lowest BCUT2D eigenvalue weighted by atomic mass is 10.2. The summed E-state index contributed by atoms with van der Waals surface area (Å²) in [6.07, 6.45) is 0.531. The molecule has 0 bridgehead atoms. The lowest BCUT2D eigenvalue weighted by Crippen LogP contribution is -1.95. The maximum atomic E-state index is 12.5. The lowest BCUT2D eigenvalue weighted by Gasteiger charge is -2.05. The first-order chi connectivity index (χ1) is 5.11. The quantitative estimate of drug-likeness (QED) is 0.619. The highest BCUT2D eigenvalue weighted by Crippen LogP contribution is 2.25. The van der Waals surface area contributed by atoms with Crippen LogP contribution in [0.2, 0.25) is 0 Å². The summed E-state index contributed by atoms with van der Waals surface area (Å²) in [5.41, 5.74) is 0. The molecule has 0 spiro atoms. The molecule has 0 heterocycles. The number of hydrogen-bond acceptors (Lipinski definition) is 2. The summed E-state index contributed by atoms with van der Waals surface area (Å²) in [6.45, 7) is 0. The Morgan fingerprint density at radius 1 is 1.27 bits per heavy atom. The Hall–Kier alpha value is -0.710. The molecule has 0 aromatic carbocycles. The minimum atomic E-state index is -2.88. The number of halogens is 2. The van der Waals surface area contributed by atoms with Gasteiger partial charge in [-0.1, -0.05) is 0 Å². The highest BCUT2D eigenvalue weighted by atomic mass is 32.2. The lowest BCUT2D eigenvalue weighted by molar-refractivity contribution is 0.551. The number of hydrogen-bond donors (Lipinski definition) is 1. The molecule has 5 heteroatoms. The molecule has 2 nitrogen and oxygen atoms in total. The minimum absolute atomic E-state index is 0.0218. The fraction of sp³-hybridized carbons (Fsp3) is 0.333. The van der Waals surface area contributed by atoms with E-state index in [1.165, 1.54) is 0 Å². The van der Waals surface area contributed by atoms with E-state index in [-0.39, 0.29) is 17.7 Å². The van der Waals surface area contributed by atoms with E-state index in [9.17, 15) is 17.2 Å². The van der Waals surface area contributed by atoms with Crippen LogP contribution in [-0.2, 0) is 10.7 Å². The molecule has 0 aromatic heterocycles. The van der Waals surface area contributed by atoms with Gasteiger partial charge in [0, 0.05) is 12.5 Å². The smallest absolute Gasteiger partial charge is 0.167 e. The molecule has 11 heavy (non-hydrogen) atoms. The van der Waals surface area contributed by atoms with Gasteiger partial charge in [0.05, 0.1) is 4.91 Å². The molecule has 0 unspecified atom stereocenters. The molecule has 1 aliphatic rings. The molecular formula is C6H6F2O2S. The molecule has 0 amide bonds. The van der Waals surface area contributed by atoms with Crippen LogP contribution in [0.1, 0.15) is 12.8 Å². The Kier molecular flexibility index (Phi) is 2.38. The van der Waals surface area contributed by atoms with E-state index in [1.54, 1.807) is 0 Å². The van der Waals surface area contributed by atoms with Crippen molar-refractivity contribution in [2.45, 2.75) is 12.8 Å². The zero-order valence-electron chi connectivity index (χ0n) is 5.51. The van der Waals surface area contributed by atoms with Crippen molar-refractivity contribution >= 4 is 10.7 Å². The Bertz CT molecular complexity index is 294. The van der Waals surface area contributed by atoms with Gasteiger partial charge in [-0.3, -0.25) is 0 Å². The first kappa shape index (κ1) is 8.39.